The summed E-state index contributed by atoms with van der Waals surface area (Å²) in [6.07, 6.45) is 2.55. The van der Waals surface area contributed by atoms with Crippen LogP contribution in [0.1, 0.15) is 26.2 Å². The van der Waals surface area contributed by atoms with Crippen LogP contribution in [0.2, 0.25) is 0 Å². The van der Waals surface area contributed by atoms with Crippen LogP contribution in [0.15, 0.2) is 0 Å². The van der Waals surface area contributed by atoms with E-state index in [1.54, 1.807) is 4.90 Å². The molecule has 1 heterocycles. The summed E-state index contributed by atoms with van der Waals surface area (Å²) in [4.78, 5) is 24.9. The van der Waals surface area contributed by atoms with Crippen LogP contribution in [0.25, 0.3) is 0 Å². The Morgan fingerprint density at radius 1 is 1.42 bits per heavy atom. The Hall–Kier alpha value is -1.30. The van der Waals surface area contributed by atoms with Gasteiger partial charge in [0, 0.05) is 13.1 Å². The second-order valence-corrected chi connectivity index (χ2v) is 5.44. The first-order chi connectivity index (χ1) is 9.09. The van der Waals surface area contributed by atoms with Crippen molar-refractivity contribution < 1.29 is 19.4 Å². The van der Waals surface area contributed by atoms with Crippen molar-refractivity contribution >= 4 is 12.0 Å². The van der Waals surface area contributed by atoms with Crippen LogP contribution in [0.4, 0.5) is 4.79 Å². The highest BCUT2D eigenvalue weighted by Gasteiger charge is 2.33. The fourth-order valence-electron chi connectivity index (χ4n) is 2.96. The molecule has 6 nitrogen and oxygen atoms in total. The molecule has 0 bridgehead atoms. The Bertz CT molecular complexity index is 348. The number of aliphatic carboxylic acids is 1. The Kier molecular flexibility index (Phi) is 4.63. The van der Waals surface area contributed by atoms with Crippen LogP contribution in [0, 0.1) is 11.8 Å². The molecular formula is C13H22N2O4. The minimum Gasteiger partial charge on any atom is -0.481 e. The van der Waals surface area contributed by atoms with Gasteiger partial charge in [-0.05, 0) is 25.7 Å². The zero-order valence-electron chi connectivity index (χ0n) is 11.3. The number of morpholine rings is 1. The molecule has 0 spiro atoms. The number of carboxylic acid groups (broad SMARTS) is 1. The Morgan fingerprint density at radius 2 is 2.21 bits per heavy atom. The van der Waals surface area contributed by atoms with E-state index in [1.165, 1.54) is 0 Å². The van der Waals surface area contributed by atoms with Gasteiger partial charge < -0.3 is 20.1 Å². The normalized spacial score (nSPS) is 31.2. The van der Waals surface area contributed by atoms with Crippen molar-refractivity contribution in [3.05, 3.63) is 0 Å². The number of ether oxygens (including phenoxy) is 1. The van der Waals surface area contributed by atoms with Crippen LogP contribution in [0.3, 0.4) is 0 Å². The highest BCUT2D eigenvalue weighted by molar-refractivity contribution is 5.75. The highest BCUT2D eigenvalue weighted by Crippen LogP contribution is 2.31. The lowest BCUT2D eigenvalue weighted by Gasteiger charge is -2.33. The van der Waals surface area contributed by atoms with E-state index >= 15 is 0 Å². The van der Waals surface area contributed by atoms with E-state index in [4.69, 9.17) is 9.84 Å². The Morgan fingerprint density at radius 3 is 2.89 bits per heavy atom. The molecule has 2 N–H and O–H groups in total. The summed E-state index contributed by atoms with van der Waals surface area (Å²) >= 11 is 0. The second kappa shape index (κ2) is 6.23. The summed E-state index contributed by atoms with van der Waals surface area (Å²) in [5.41, 5.74) is 0. The minimum absolute atomic E-state index is 0.0674. The maximum Gasteiger partial charge on any atom is 0.317 e. The molecule has 0 aromatic heterocycles. The third-order valence-electron chi connectivity index (χ3n) is 4.12. The zero-order valence-corrected chi connectivity index (χ0v) is 11.3. The third-order valence-corrected chi connectivity index (χ3v) is 4.12. The number of urea groups is 1. The number of carboxylic acids is 1. The number of carbonyl (C=O) groups is 2. The average Bonchev–Trinajstić information content (AvgIpc) is 2.85. The lowest BCUT2D eigenvalue weighted by Crippen LogP contribution is -2.52. The molecule has 0 radical (unpaired) electrons. The molecule has 6 heteroatoms. The fraction of sp³-hybridized carbons (Fsp3) is 0.846. The monoisotopic (exact) mass is 270 g/mol. The number of carbonyl (C=O) groups excluding carboxylic acids is 1. The number of nitrogens with zero attached hydrogens (tertiary/aromatic N) is 1. The van der Waals surface area contributed by atoms with Gasteiger partial charge >= 0.3 is 12.0 Å². The predicted octanol–water partition coefficient (Wildman–Crippen LogP) is 0.918. The second-order valence-electron chi connectivity index (χ2n) is 5.44. The first-order valence-corrected chi connectivity index (χ1v) is 6.94. The standard InChI is InChI=1S/C13H22N2O4/c1-9-8-19-6-5-15(9)13(18)14-7-10-3-2-4-11(10)12(16)17/h9-11H,2-8H2,1H3,(H,14,18)(H,16,17). The highest BCUT2D eigenvalue weighted by atomic mass is 16.5. The predicted molar refractivity (Wildman–Crippen MR) is 68.9 cm³/mol. The largest absolute Gasteiger partial charge is 0.481 e. The summed E-state index contributed by atoms with van der Waals surface area (Å²) in [6.45, 7) is 4.14. The van der Waals surface area contributed by atoms with E-state index in [-0.39, 0.29) is 23.9 Å². The fourth-order valence-corrected chi connectivity index (χ4v) is 2.96. The number of rotatable bonds is 3. The molecule has 2 amide bonds. The molecule has 19 heavy (non-hydrogen) atoms. The topological polar surface area (TPSA) is 78.9 Å². The summed E-state index contributed by atoms with van der Waals surface area (Å²) < 4.78 is 5.29. The maximum absolute atomic E-state index is 12.1. The maximum atomic E-state index is 12.1. The molecule has 2 aliphatic rings. The Labute approximate surface area is 113 Å². The number of nitrogens with one attached hydrogen (secondary N) is 1. The van der Waals surface area contributed by atoms with Crippen molar-refractivity contribution in [2.24, 2.45) is 11.8 Å². The minimum atomic E-state index is -0.739. The molecule has 3 unspecified atom stereocenters. The quantitative estimate of drug-likeness (QED) is 0.799. The zero-order chi connectivity index (χ0) is 13.8. The molecule has 1 aliphatic heterocycles. The van der Waals surface area contributed by atoms with Crippen LogP contribution >= 0.6 is 0 Å². The van der Waals surface area contributed by atoms with E-state index in [1.807, 2.05) is 6.92 Å². The van der Waals surface area contributed by atoms with E-state index < -0.39 is 5.97 Å². The molecule has 1 saturated heterocycles. The van der Waals surface area contributed by atoms with Gasteiger partial charge in [-0.25, -0.2) is 4.79 Å². The van der Waals surface area contributed by atoms with E-state index in [9.17, 15) is 9.59 Å². The van der Waals surface area contributed by atoms with Crippen LogP contribution in [-0.4, -0.2) is 54.4 Å². The van der Waals surface area contributed by atoms with Crippen molar-refractivity contribution in [2.45, 2.75) is 32.2 Å². The molecular weight excluding hydrogens is 248 g/mol. The van der Waals surface area contributed by atoms with Crippen molar-refractivity contribution in [3.63, 3.8) is 0 Å². The van der Waals surface area contributed by atoms with Gasteiger partial charge in [0.05, 0.1) is 25.2 Å². The van der Waals surface area contributed by atoms with Gasteiger partial charge in [-0.15, -0.1) is 0 Å². The van der Waals surface area contributed by atoms with Crippen molar-refractivity contribution in [1.29, 1.82) is 0 Å². The molecule has 0 aromatic carbocycles. The molecule has 0 aromatic rings. The number of hydrogen-bond acceptors (Lipinski definition) is 3. The first kappa shape index (κ1) is 14.1. The van der Waals surface area contributed by atoms with Crippen molar-refractivity contribution in [2.75, 3.05) is 26.3 Å². The molecule has 108 valence electrons. The summed E-state index contributed by atoms with van der Waals surface area (Å²) in [7, 11) is 0. The summed E-state index contributed by atoms with van der Waals surface area (Å²) in [6, 6.07) is -0.0283. The molecule has 1 saturated carbocycles. The Balaban J connectivity index is 1.81. The number of hydrogen-bond donors (Lipinski definition) is 2. The SMILES string of the molecule is CC1COCCN1C(=O)NCC1CCCC1C(=O)O. The van der Waals surface area contributed by atoms with Gasteiger partial charge in [-0.2, -0.15) is 0 Å². The van der Waals surface area contributed by atoms with Crippen LogP contribution < -0.4 is 5.32 Å². The molecule has 3 atom stereocenters. The van der Waals surface area contributed by atoms with Crippen LogP contribution in [-0.2, 0) is 9.53 Å². The van der Waals surface area contributed by atoms with E-state index in [0.29, 0.717) is 26.3 Å². The lowest BCUT2D eigenvalue weighted by atomic mass is 9.96. The lowest BCUT2D eigenvalue weighted by molar-refractivity contribution is -0.142. The van der Waals surface area contributed by atoms with Gasteiger partial charge in [0.15, 0.2) is 0 Å². The summed E-state index contributed by atoms with van der Waals surface area (Å²) in [5, 5.41) is 12.0. The number of amides is 2. The summed E-state index contributed by atoms with van der Waals surface area (Å²) in [5.74, 6) is -0.975. The molecule has 2 rings (SSSR count). The van der Waals surface area contributed by atoms with Gasteiger partial charge in [-0.3, -0.25) is 4.79 Å². The molecule has 1 aliphatic carbocycles. The molecule has 2 fully saturated rings. The first-order valence-electron chi connectivity index (χ1n) is 6.94. The van der Waals surface area contributed by atoms with Gasteiger partial charge in [-0.1, -0.05) is 6.42 Å². The smallest absolute Gasteiger partial charge is 0.317 e. The van der Waals surface area contributed by atoms with Crippen molar-refractivity contribution in [3.8, 4) is 0 Å². The van der Waals surface area contributed by atoms with Crippen LogP contribution in [0.5, 0.6) is 0 Å². The van der Waals surface area contributed by atoms with Crippen molar-refractivity contribution in [1.82, 2.24) is 10.2 Å². The third kappa shape index (κ3) is 3.37. The van der Waals surface area contributed by atoms with E-state index in [2.05, 4.69) is 5.32 Å². The van der Waals surface area contributed by atoms with Gasteiger partial charge in [0.2, 0.25) is 0 Å². The van der Waals surface area contributed by atoms with E-state index in [0.717, 1.165) is 19.3 Å². The average molecular weight is 270 g/mol. The van der Waals surface area contributed by atoms with Gasteiger partial charge in [0.25, 0.3) is 0 Å². The van der Waals surface area contributed by atoms with Gasteiger partial charge in [0.1, 0.15) is 0 Å².